The predicted octanol–water partition coefficient (Wildman–Crippen LogP) is 8.43. The van der Waals surface area contributed by atoms with E-state index in [2.05, 4.69) is 83.0 Å². The highest BCUT2D eigenvalue weighted by molar-refractivity contribution is 6.07. The molecule has 0 radical (unpaired) electrons. The van der Waals surface area contributed by atoms with Gasteiger partial charge in [0.2, 0.25) is 0 Å². The molecule has 0 aliphatic carbocycles. The molecule has 6 rings (SSSR count). The molecule has 0 amide bonds. The third kappa shape index (κ3) is 5.40. The highest BCUT2D eigenvalue weighted by Gasteiger charge is 2.36. The fourth-order valence-corrected chi connectivity index (χ4v) is 5.07. The van der Waals surface area contributed by atoms with E-state index in [-0.39, 0.29) is 12.0 Å². The Kier molecular flexibility index (Phi) is 7.44. The van der Waals surface area contributed by atoms with Gasteiger partial charge in [-0.25, -0.2) is 4.99 Å². The van der Waals surface area contributed by atoms with Gasteiger partial charge >= 0.3 is 0 Å². The third-order valence-electron chi connectivity index (χ3n) is 7.05. The first-order valence-electron chi connectivity index (χ1n) is 13.5. The summed E-state index contributed by atoms with van der Waals surface area (Å²) in [6.45, 7) is 0.601. The van der Waals surface area contributed by atoms with Crippen molar-refractivity contribution in [1.82, 2.24) is 0 Å². The lowest BCUT2D eigenvalue weighted by molar-refractivity contribution is 0.175. The summed E-state index contributed by atoms with van der Waals surface area (Å²) in [5.41, 5.74) is 4.96. The average molecular weight is 526 g/mol. The maximum atomic E-state index is 6.85. The number of fused-ring (bicyclic) bond motifs is 1. The summed E-state index contributed by atoms with van der Waals surface area (Å²) in [7, 11) is 1.68. The normalized spacial score (nSPS) is 16.1. The minimum absolute atomic E-state index is 0.165. The van der Waals surface area contributed by atoms with Gasteiger partial charge in [0.1, 0.15) is 29.1 Å². The Morgan fingerprint density at radius 3 is 1.90 bits per heavy atom. The van der Waals surface area contributed by atoms with Crippen LogP contribution in [0.5, 0.6) is 11.5 Å². The number of aliphatic imine (C=N–C) groups is 1. The number of anilines is 3. The van der Waals surface area contributed by atoms with Crippen molar-refractivity contribution < 1.29 is 9.47 Å². The second-order valence-electron chi connectivity index (χ2n) is 9.61. The molecule has 1 N–H and O–H groups in total. The molecule has 2 unspecified atom stereocenters. The van der Waals surface area contributed by atoms with Crippen LogP contribution >= 0.6 is 0 Å². The molecule has 0 fully saturated rings. The zero-order chi connectivity index (χ0) is 27.1. The molecule has 2 atom stereocenters. The molecule has 198 valence electrons. The highest BCUT2D eigenvalue weighted by atomic mass is 16.5. The number of ether oxygens (including phenoxy) is 2. The van der Waals surface area contributed by atoms with Gasteiger partial charge in [-0.15, -0.1) is 0 Å². The van der Waals surface area contributed by atoms with Gasteiger partial charge in [0, 0.05) is 23.6 Å². The van der Waals surface area contributed by atoms with Crippen LogP contribution in [0, 0.1) is 5.92 Å². The number of hydrogen-bond acceptors (Lipinski definition) is 5. The van der Waals surface area contributed by atoms with Crippen LogP contribution in [0.3, 0.4) is 0 Å². The van der Waals surface area contributed by atoms with Gasteiger partial charge in [-0.1, -0.05) is 78.9 Å². The number of nitrogens with zero attached hydrogens (tertiary/aromatic N) is 2. The molecular weight excluding hydrogens is 494 g/mol. The van der Waals surface area contributed by atoms with E-state index in [4.69, 9.17) is 14.5 Å². The van der Waals surface area contributed by atoms with E-state index in [1.165, 1.54) is 0 Å². The average Bonchev–Trinajstić information content (AvgIpc) is 3.19. The van der Waals surface area contributed by atoms with Gasteiger partial charge in [0.05, 0.1) is 13.0 Å². The molecule has 0 spiro atoms. The van der Waals surface area contributed by atoms with Gasteiger partial charge in [-0.05, 0) is 66.2 Å². The number of methoxy groups -OCH3 is 1. The Labute approximate surface area is 235 Å². The van der Waals surface area contributed by atoms with Gasteiger partial charge in [0.25, 0.3) is 0 Å². The van der Waals surface area contributed by atoms with Gasteiger partial charge in [-0.2, -0.15) is 0 Å². The Morgan fingerprint density at radius 2 is 1.27 bits per heavy atom. The van der Waals surface area contributed by atoms with E-state index in [1.54, 1.807) is 7.11 Å². The van der Waals surface area contributed by atoms with E-state index in [0.29, 0.717) is 6.54 Å². The van der Waals surface area contributed by atoms with Crippen LogP contribution in [0.25, 0.3) is 0 Å². The van der Waals surface area contributed by atoms with Crippen molar-refractivity contribution in [3.8, 4) is 11.5 Å². The SMILES string of the molecule is COc1ccc(C2Oc3ccccc3N=C(N(c3ccccc3)c3ccccc3)C2CNc2ccccc2)cc1. The Hall–Kier alpha value is -5.03. The molecule has 5 aromatic rings. The third-order valence-corrected chi connectivity index (χ3v) is 7.05. The van der Waals surface area contributed by atoms with Crippen LogP contribution in [0.1, 0.15) is 11.7 Å². The van der Waals surface area contributed by atoms with Gasteiger partial charge < -0.3 is 14.8 Å². The molecule has 1 aliphatic rings. The van der Waals surface area contributed by atoms with E-state index in [1.807, 2.05) is 66.7 Å². The summed E-state index contributed by atoms with van der Waals surface area (Å²) in [6.07, 6.45) is -0.320. The molecule has 1 heterocycles. The Bertz CT molecular complexity index is 1520. The number of nitrogens with one attached hydrogen (secondary N) is 1. The largest absolute Gasteiger partial charge is 0.497 e. The zero-order valence-corrected chi connectivity index (χ0v) is 22.4. The first-order chi connectivity index (χ1) is 19.8. The van der Waals surface area contributed by atoms with Crippen LogP contribution in [0.2, 0.25) is 0 Å². The number of benzene rings is 5. The smallest absolute Gasteiger partial charge is 0.145 e. The van der Waals surface area contributed by atoms with Crippen molar-refractivity contribution in [2.45, 2.75) is 6.10 Å². The van der Waals surface area contributed by atoms with Gasteiger partial charge in [0.15, 0.2) is 0 Å². The molecular formula is C35H31N3O2. The quantitative estimate of drug-likeness (QED) is 0.232. The summed E-state index contributed by atoms with van der Waals surface area (Å²) in [5.74, 6) is 2.29. The summed E-state index contributed by atoms with van der Waals surface area (Å²) >= 11 is 0. The van der Waals surface area contributed by atoms with Crippen LogP contribution in [0.4, 0.5) is 22.7 Å². The van der Waals surface area contributed by atoms with Crippen molar-refractivity contribution >= 4 is 28.6 Å². The molecule has 0 aromatic heterocycles. The van der Waals surface area contributed by atoms with Crippen molar-refractivity contribution in [2.75, 3.05) is 23.9 Å². The lowest BCUT2D eigenvalue weighted by Crippen LogP contribution is -2.40. The fourth-order valence-electron chi connectivity index (χ4n) is 5.07. The number of hydrogen-bond donors (Lipinski definition) is 1. The van der Waals surface area contributed by atoms with Gasteiger partial charge in [-0.3, -0.25) is 4.90 Å². The lowest BCUT2D eigenvalue weighted by Gasteiger charge is -2.34. The molecule has 5 nitrogen and oxygen atoms in total. The molecule has 5 aromatic carbocycles. The maximum Gasteiger partial charge on any atom is 0.145 e. The Morgan fingerprint density at radius 1 is 0.700 bits per heavy atom. The number of rotatable bonds is 7. The van der Waals surface area contributed by atoms with Crippen LogP contribution in [-0.2, 0) is 0 Å². The van der Waals surface area contributed by atoms with Crippen LogP contribution < -0.4 is 19.7 Å². The first kappa shape index (κ1) is 25.3. The molecule has 40 heavy (non-hydrogen) atoms. The highest BCUT2D eigenvalue weighted by Crippen LogP contribution is 2.42. The summed E-state index contributed by atoms with van der Waals surface area (Å²) in [5, 5.41) is 3.67. The lowest BCUT2D eigenvalue weighted by atomic mass is 9.92. The van der Waals surface area contributed by atoms with Crippen molar-refractivity contribution in [1.29, 1.82) is 0 Å². The molecule has 0 saturated carbocycles. The maximum absolute atomic E-state index is 6.85. The zero-order valence-electron chi connectivity index (χ0n) is 22.4. The molecule has 0 saturated heterocycles. The first-order valence-corrected chi connectivity index (χ1v) is 13.5. The van der Waals surface area contributed by atoms with E-state index in [9.17, 15) is 0 Å². The van der Waals surface area contributed by atoms with Crippen molar-refractivity contribution in [3.05, 3.63) is 145 Å². The summed E-state index contributed by atoms with van der Waals surface area (Å²) in [6, 6.07) is 47.2. The minimum atomic E-state index is -0.320. The minimum Gasteiger partial charge on any atom is -0.497 e. The van der Waals surface area contributed by atoms with E-state index < -0.39 is 0 Å². The van der Waals surface area contributed by atoms with E-state index in [0.717, 1.165) is 45.6 Å². The molecule has 0 bridgehead atoms. The molecule has 5 heteroatoms. The second-order valence-corrected chi connectivity index (χ2v) is 9.61. The summed E-state index contributed by atoms with van der Waals surface area (Å²) < 4.78 is 12.3. The van der Waals surface area contributed by atoms with Crippen molar-refractivity contribution in [3.63, 3.8) is 0 Å². The standard InChI is InChI=1S/C35H31N3O2/c1-39-30-23-21-26(22-24-30)34-31(25-36-27-13-5-2-6-14-27)35(37-32-19-11-12-20-33(32)40-34)38(28-15-7-3-8-16-28)29-17-9-4-10-18-29/h2-24,31,34,36H,25H2,1H3. The number of para-hydroxylation sites is 5. The van der Waals surface area contributed by atoms with Crippen molar-refractivity contribution in [2.24, 2.45) is 10.9 Å². The Balaban J connectivity index is 1.54. The number of amidine groups is 1. The van der Waals surface area contributed by atoms with Crippen LogP contribution in [-0.4, -0.2) is 19.5 Å². The monoisotopic (exact) mass is 525 g/mol. The van der Waals surface area contributed by atoms with E-state index >= 15 is 0 Å². The topological polar surface area (TPSA) is 46.1 Å². The predicted molar refractivity (Wildman–Crippen MR) is 163 cm³/mol. The summed E-state index contributed by atoms with van der Waals surface area (Å²) in [4.78, 5) is 7.60. The van der Waals surface area contributed by atoms with Crippen LogP contribution in [0.15, 0.2) is 145 Å². The second kappa shape index (κ2) is 11.8. The fraction of sp³-hybridized carbons (Fsp3) is 0.114. The molecule has 1 aliphatic heterocycles.